The number of anilines is 1. The summed E-state index contributed by atoms with van der Waals surface area (Å²) in [6.45, 7) is 0. The van der Waals surface area contributed by atoms with Gasteiger partial charge < -0.3 is 0 Å². The minimum absolute atomic E-state index is 0.0164. The van der Waals surface area contributed by atoms with Gasteiger partial charge in [-0.2, -0.15) is 0 Å². The highest BCUT2D eigenvalue weighted by Crippen LogP contribution is 2.45. The highest BCUT2D eigenvalue weighted by atomic mass is 35.5. The summed E-state index contributed by atoms with van der Waals surface area (Å²) in [5.74, 6) is 0.738. The molecule has 5 rings (SSSR count). The first-order valence-corrected chi connectivity index (χ1v) is 13.0. The first kappa shape index (κ1) is 20.9. The number of thioether (sulfide) groups is 1. The van der Waals surface area contributed by atoms with E-state index in [2.05, 4.69) is 10.2 Å². The summed E-state index contributed by atoms with van der Waals surface area (Å²) < 4.78 is 0.794. The van der Waals surface area contributed by atoms with Crippen LogP contribution in [0.2, 0.25) is 5.02 Å². The number of halogens is 1. The summed E-state index contributed by atoms with van der Waals surface area (Å²) in [5.41, 5.74) is 2.75. The third-order valence-electron chi connectivity index (χ3n) is 5.42. The molecule has 158 valence electrons. The van der Waals surface area contributed by atoms with Crippen LogP contribution in [0.5, 0.6) is 0 Å². The van der Waals surface area contributed by atoms with E-state index in [9.17, 15) is 9.59 Å². The minimum atomic E-state index is -0.141. The fourth-order valence-electron chi connectivity index (χ4n) is 4.02. The average molecular weight is 488 g/mol. The summed E-state index contributed by atoms with van der Waals surface area (Å²) in [7, 11) is 0. The maximum atomic E-state index is 13.2. The molecule has 2 aliphatic rings. The molecule has 1 unspecified atom stereocenters. The van der Waals surface area contributed by atoms with Gasteiger partial charge in [0.1, 0.15) is 0 Å². The van der Waals surface area contributed by atoms with Crippen molar-refractivity contribution in [1.29, 1.82) is 0 Å². The van der Waals surface area contributed by atoms with Crippen molar-refractivity contribution in [1.82, 2.24) is 10.2 Å². The number of hydrogen-bond donors (Lipinski definition) is 0. The van der Waals surface area contributed by atoms with Crippen molar-refractivity contribution in [3.63, 3.8) is 0 Å². The number of Topliss-reactive ketones (excluding diaryl/α,β-unsaturated/α-hetero) is 1. The van der Waals surface area contributed by atoms with Crippen LogP contribution >= 0.6 is 46.0 Å². The summed E-state index contributed by atoms with van der Waals surface area (Å²) in [6, 6.07) is 11.7. The summed E-state index contributed by atoms with van der Waals surface area (Å²) in [5, 5.41) is 11.9. The van der Waals surface area contributed by atoms with Crippen LogP contribution in [0.4, 0.5) is 5.13 Å². The highest BCUT2D eigenvalue weighted by Gasteiger charge is 2.41. The molecule has 0 spiro atoms. The van der Waals surface area contributed by atoms with Crippen LogP contribution in [-0.4, -0.2) is 21.9 Å². The topological polar surface area (TPSA) is 63.2 Å². The molecule has 1 amide bonds. The Bertz CT molecular complexity index is 1160. The maximum Gasteiger partial charge on any atom is 0.234 e. The number of thiophene rings is 1. The number of hydrogen-bond acceptors (Lipinski definition) is 7. The number of ketones is 1. The van der Waals surface area contributed by atoms with Crippen LogP contribution in [0, 0.1) is 0 Å². The number of allylic oxidation sites excluding steroid dienone is 2. The molecule has 9 heteroatoms. The fraction of sp³-hybridized carbons (Fsp3) is 0.273. The smallest absolute Gasteiger partial charge is 0.234 e. The Hall–Kier alpha value is -2.00. The number of carbonyl (C=O) groups is 2. The molecule has 0 N–H and O–H groups in total. The summed E-state index contributed by atoms with van der Waals surface area (Å²) in [6.07, 6.45) is 2.30. The molecule has 1 atom stereocenters. The zero-order valence-corrected chi connectivity index (χ0v) is 19.6. The highest BCUT2D eigenvalue weighted by molar-refractivity contribution is 8.00. The van der Waals surface area contributed by atoms with Gasteiger partial charge in [-0.3, -0.25) is 14.5 Å². The largest absolute Gasteiger partial charge is 0.294 e. The number of aromatic nitrogens is 2. The molecule has 1 aliphatic carbocycles. The minimum Gasteiger partial charge on any atom is -0.294 e. The van der Waals surface area contributed by atoms with E-state index in [4.69, 9.17) is 11.6 Å². The number of nitrogens with zero attached hydrogens (tertiary/aromatic N) is 3. The van der Waals surface area contributed by atoms with Crippen LogP contribution in [0.15, 0.2) is 57.4 Å². The monoisotopic (exact) mass is 487 g/mol. The van der Waals surface area contributed by atoms with Crippen LogP contribution < -0.4 is 4.90 Å². The van der Waals surface area contributed by atoms with Gasteiger partial charge in [-0.15, -0.1) is 21.5 Å². The third kappa shape index (κ3) is 4.22. The Kier molecular flexibility index (Phi) is 5.97. The van der Waals surface area contributed by atoms with Crippen molar-refractivity contribution >= 4 is 62.9 Å². The molecule has 3 heterocycles. The number of amides is 1. The molecule has 0 saturated carbocycles. The molecule has 0 radical (unpaired) electrons. The van der Waals surface area contributed by atoms with E-state index in [0.29, 0.717) is 23.0 Å². The van der Waals surface area contributed by atoms with Gasteiger partial charge in [-0.05, 0) is 42.0 Å². The third-order valence-corrected chi connectivity index (χ3v) is 8.78. The molecule has 0 saturated heterocycles. The van der Waals surface area contributed by atoms with Crippen molar-refractivity contribution in [3.05, 3.63) is 68.5 Å². The van der Waals surface area contributed by atoms with E-state index in [1.165, 1.54) is 11.3 Å². The molecule has 5 nitrogen and oxygen atoms in total. The molecule has 2 aromatic heterocycles. The van der Waals surface area contributed by atoms with Gasteiger partial charge in [0.15, 0.2) is 10.1 Å². The molecule has 1 aromatic carbocycles. The van der Waals surface area contributed by atoms with E-state index in [1.807, 2.05) is 41.8 Å². The molecular weight excluding hydrogens is 470 g/mol. The quantitative estimate of drug-likeness (QED) is 0.322. The van der Waals surface area contributed by atoms with Crippen LogP contribution in [0.25, 0.3) is 0 Å². The van der Waals surface area contributed by atoms with Crippen LogP contribution in [-0.2, 0) is 15.3 Å². The second kappa shape index (κ2) is 8.86. The number of carbonyl (C=O) groups excluding carboxylic acids is 2. The number of rotatable bonds is 5. The average Bonchev–Trinajstić information content (AvgIpc) is 3.45. The lowest BCUT2D eigenvalue weighted by atomic mass is 9.80. The van der Waals surface area contributed by atoms with Crippen molar-refractivity contribution in [2.45, 2.75) is 41.7 Å². The van der Waals surface area contributed by atoms with Gasteiger partial charge in [0, 0.05) is 45.7 Å². The predicted octanol–water partition coefficient (Wildman–Crippen LogP) is 6.07. The Morgan fingerprint density at radius 3 is 2.74 bits per heavy atom. The SMILES string of the molecule is O=C1CCCC2=C1C(c1cccs1)CC(=O)N2c1nnc(SCc2ccc(Cl)cc2)s1. The first-order valence-electron chi connectivity index (χ1n) is 9.93. The van der Waals surface area contributed by atoms with Crippen LogP contribution in [0.1, 0.15) is 42.0 Å². The van der Waals surface area contributed by atoms with Crippen molar-refractivity contribution in [3.8, 4) is 0 Å². The zero-order chi connectivity index (χ0) is 21.4. The molecule has 3 aromatic rings. The van der Waals surface area contributed by atoms with Gasteiger partial charge in [-0.25, -0.2) is 0 Å². The van der Waals surface area contributed by atoms with E-state index in [-0.39, 0.29) is 24.0 Å². The predicted molar refractivity (Wildman–Crippen MR) is 126 cm³/mol. The Morgan fingerprint density at radius 2 is 1.97 bits per heavy atom. The van der Waals surface area contributed by atoms with Gasteiger partial charge in [-0.1, -0.05) is 52.9 Å². The van der Waals surface area contributed by atoms with Gasteiger partial charge in [0.05, 0.1) is 0 Å². The molecule has 31 heavy (non-hydrogen) atoms. The van der Waals surface area contributed by atoms with E-state index >= 15 is 0 Å². The Balaban J connectivity index is 1.42. The second-order valence-electron chi connectivity index (χ2n) is 7.40. The standard InChI is InChI=1S/C22H18ClN3O2S3/c23-14-8-6-13(7-9-14)12-30-22-25-24-21(31-22)26-16-3-1-4-17(27)20(16)15(11-19(26)28)18-5-2-10-29-18/h2,5-10,15H,1,3-4,11-12H2. The van der Waals surface area contributed by atoms with E-state index < -0.39 is 0 Å². The normalized spacial score (nSPS) is 19.1. The zero-order valence-electron chi connectivity index (χ0n) is 16.4. The van der Waals surface area contributed by atoms with Crippen molar-refractivity contribution in [2.24, 2.45) is 0 Å². The molecular formula is C22H18ClN3O2S3. The summed E-state index contributed by atoms with van der Waals surface area (Å²) in [4.78, 5) is 28.8. The lowest BCUT2D eigenvalue weighted by Gasteiger charge is -2.36. The summed E-state index contributed by atoms with van der Waals surface area (Å²) >= 11 is 10.5. The lowest BCUT2D eigenvalue weighted by Crippen LogP contribution is -2.40. The molecule has 1 aliphatic heterocycles. The Labute approximate surface area is 197 Å². The Morgan fingerprint density at radius 1 is 1.13 bits per heavy atom. The first-order chi connectivity index (χ1) is 15.1. The fourth-order valence-corrected chi connectivity index (χ4v) is 6.83. The number of benzene rings is 1. The maximum absolute atomic E-state index is 13.2. The van der Waals surface area contributed by atoms with E-state index in [1.54, 1.807) is 28.0 Å². The lowest BCUT2D eigenvalue weighted by molar-refractivity contribution is -0.119. The molecule has 0 fully saturated rings. The van der Waals surface area contributed by atoms with Gasteiger partial charge in [0.2, 0.25) is 11.0 Å². The van der Waals surface area contributed by atoms with Crippen LogP contribution in [0.3, 0.4) is 0 Å². The second-order valence-corrected chi connectivity index (χ2v) is 11.0. The van der Waals surface area contributed by atoms with Crippen molar-refractivity contribution < 1.29 is 9.59 Å². The van der Waals surface area contributed by atoms with Gasteiger partial charge >= 0.3 is 0 Å². The van der Waals surface area contributed by atoms with Gasteiger partial charge in [0.25, 0.3) is 0 Å². The van der Waals surface area contributed by atoms with Crippen molar-refractivity contribution in [2.75, 3.05) is 4.90 Å². The molecule has 0 bridgehead atoms. The van der Waals surface area contributed by atoms with E-state index in [0.717, 1.165) is 38.2 Å².